The van der Waals surface area contributed by atoms with Crippen LogP contribution in [0.3, 0.4) is 0 Å². The van der Waals surface area contributed by atoms with Gasteiger partial charge in [0.2, 0.25) is 0 Å². The van der Waals surface area contributed by atoms with E-state index in [1.165, 1.54) is 30.4 Å². The molecular formula is C19H21NO4S. The first-order chi connectivity index (χ1) is 12.0. The molecule has 3 rings (SSSR count). The quantitative estimate of drug-likeness (QED) is 0.658. The van der Waals surface area contributed by atoms with Gasteiger partial charge in [0.15, 0.2) is 11.5 Å². The van der Waals surface area contributed by atoms with Crippen molar-refractivity contribution in [2.75, 3.05) is 14.2 Å². The van der Waals surface area contributed by atoms with Gasteiger partial charge in [-0.15, -0.1) is 11.3 Å². The molecule has 0 radical (unpaired) electrons. The zero-order valence-electron chi connectivity index (χ0n) is 14.5. The van der Waals surface area contributed by atoms with E-state index < -0.39 is 0 Å². The number of fused-ring (bicyclic) bond motifs is 1. The minimum atomic E-state index is -0.353. The van der Waals surface area contributed by atoms with Crippen LogP contribution in [0.2, 0.25) is 0 Å². The third-order valence-electron chi connectivity index (χ3n) is 4.45. The van der Waals surface area contributed by atoms with Crippen molar-refractivity contribution in [3.05, 3.63) is 39.8 Å². The summed E-state index contributed by atoms with van der Waals surface area (Å²) < 4.78 is 10.1. The second-order valence-corrected chi connectivity index (χ2v) is 7.26. The first-order valence-electron chi connectivity index (χ1n) is 8.18. The summed E-state index contributed by atoms with van der Waals surface area (Å²) in [5.74, 6) is 0.671. The van der Waals surface area contributed by atoms with E-state index in [9.17, 15) is 9.90 Å². The van der Waals surface area contributed by atoms with Crippen LogP contribution in [0.1, 0.15) is 39.7 Å². The molecule has 1 aliphatic rings. The summed E-state index contributed by atoms with van der Waals surface area (Å²) in [4.78, 5) is 18.0. The first kappa shape index (κ1) is 17.5. The molecule has 0 bridgehead atoms. The first-order valence-corrected chi connectivity index (χ1v) is 8.99. The predicted octanol–water partition coefficient (Wildman–Crippen LogP) is 4.12. The van der Waals surface area contributed by atoms with E-state index in [2.05, 4.69) is 11.9 Å². The summed E-state index contributed by atoms with van der Waals surface area (Å²) in [6.07, 6.45) is 4.46. The lowest BCUT2D eigenvalue weighted by Gasteiger charge is -2.18. The van der Waals surface area contributed by atoms with E-state index in [0.29, 0.717) is 27.8 Å². The van der Waals surface area contributed by atoms with Gasteiger partial charge in [-0.25, -0.2) is 9.79 Å². The lowest BCUT2D eigenvalue weighted by atomic mass is 9.88. The van der Waals surface area contributed by atoms with Gasteiger partial charge in [-0.1, -0.05) is 13.0 Å². The number of rotatable bonds is 4. The van der Waals surface area contributed by atoms with Gasteiger partial charge in [-0.2, -0.15) is 0 Å². The number of nitrogens with zero attached hydrogens (tertiary/aromatic N) is 1. The third kappa shape index (κ3) is 3.39. The second kappa shape index (κ2) is 7.27. The molecular weight excluding hydrogens is 338 g/mol. The molecule has 0 saturated heterocycles. The fourth-order valence-electron chi connectivity index (χ4n) is 3.08. The second-order valence-electron chi connectivity index (χ2n) is 6.18. The number of carbonyl (C=O) groups is 1. The number of thiophene rings is 1. The van der Waals surface area contributed by atoms with E-state index in [-0.39, 0.29) is 11.7 Å². The number of methoxy groups -OCH3 is 2. The van der Waals surface area contributed by atoms with Crippen LogP contribution in [-0.4, -0.2) is 31.5 Å². The van der Waals surface area contributed by atoms with Gasteiger partial charge >= 0.3 is 5.97 Å². The normalized spacial score (nSPS) is 16.7. The minimum absolute atomic E-state index is 0.0308. The summed E-state index contributed by atoms with van der Waals surface area (Å²) in [6.45, 7) is 2.22. The van der Waals surface area contributed by atoms with Gasteiger partial charge in [0, 0.05) is 16.7 Å². The standard InChI is InChI=1S/C19H21NO4S/c1-11-7-8-13-15(9-11)25-18(16(13)19(22)24-3)20-10-12-5-4-6-14(23-2)17(12)21/h4-6,10-11,21H,7-9H2,1-3H3/t11-/m0/s1. The minimum Gasteiger partial charge on any atom is -0.504 e. The fourth-order valence-corrected chi connectivity index (χ4v) is 4.42. The Morgan fingerprint density at radius 2 is 2.20 bits per heavy atom. The monoisotopic (exact) mass is 359 g/mol. The molecule has 5 nitrogen and oxygen atoms in total. The summed E-state index contributed by atoms with van der Waals surface area (Å²) in [5.41, 5.74) is 2.17. The van der Waals surface area contributed by atoms with Gasteiger partial charge in [0.1, 0.15) is 5.00 Å². The maximum atomic E-state index is 12.3. The topological polar surface area (TPSA) is 68.1 Å². The van der Waals surface area contributed by atoms with E-state index >= 15 is 0 Å². The molecule has 6 heteroatoms. The van der Waals surface area contributed by atoms with Crippen molar-refractivity contribution in [3.8, 4) is 11.5 Å². The Kier molecular flexibility index (Phi) is 5.08. The van der Waals surface area contributed by atoms with Crippen molar-refractivity contribution >= 4 is 28.5 Å². The summed E-state index contributed by atoms with van der Waals surface area (Å²) in [6, 6.07) is 5.20. The van der Waals surface area contributed by atoms with Crippen molar-refractivity contribution in [2.45, 2.75) is 26.2 Å². The fraction of sp³-hybridized carbons (Fsp3) is 0.368. The summed E-state index contributed by atoms with van der Waals surface area (Å²) in [7, 11) is 2.89. The number of benzene rings is 1. The zero-order chi connectivity index (χ0) is 18.0. The van der Waals surface area contributed by atoms with Gasteiger partial charge in [-0.3, -0.25) is 0 Å². The highest BCUT2D eigenvalue weighted by Gasteiger charge is 2.27. The molecule has 1 aromatic heterocycles. The molecule has 1 aromatic carbocycles. The number of phenolic OH excluding ortho intramolecular Hbond substituents is 1. The van der Waals surface area contributed by atoms with Crippen LogP contribution < -0.4 is 4.74 Å². The Bertz CT molecular complexity index is 825. The molecule has 1 atom stereocenters. The number of aromatic hydroxyl groups is 1. The van der Waals surface area contributed by atoms with Crippen molar-refractivity contribution in [2.24, 2.45) is 10.9 Å². The maximum absolute atomic E-state index is 12.3. The number of para-hydroxylation sites is 1. The van der Waals surface area contributed by atoms with Crippen molar-refractivity contribution < 1.29 is 19.4 Å². The van der Waals surface area contributed by atoms with Crippen LogP contribution in [0.4, 0.5) is 5.00 Å². The number of carbonyl (C=O) groups excluding carboxylic acids is 1. The Hall–Kier alpha value is -2.34. The predicted molar refractivity (Wildman–Crippen MR) is 98.8 cm³/mol. The molecule has 1 N–H and O–H groups in total. The highest BCUT2D eigenvalue weighted by atomic mass is 32.1. The van der Waals surface area contributed by atoms with E-state index in [1.54, 1.807) is 24.4 Å². The molecule has 0 spiro atoms. The zero-order valence-corrected chi connectivity index (χ0v) is 15.4. The Labute approximate surface area is 150 Å². The van der Waals surface area contributed by atoms with Gasteiger partial charge in [0.25, 0.3) is 0 Å². The number of phenols is 1. The number of aliphatic imine (C=N–C) groups is 1. The molecule has 0 amide bonds. The maximum Gasteiger partial charge on any atom is 0.341 e. The highest BCUT2D eigenvalue weighted by molar-refractivity contribution is 7.16. The van der Waals surface area contributed by atoms with Crippen LogP contribution >= 0.6 is 11.3 Å². The molecule has 0 saturated carbocycles. The SMILES string of the molecule is COC(=O)c1c(N=Cc2cccc(OC)c2O)sc2c1CC[C@H](C)C2. The average Bonchev–Trinajstić information content (AvgIpc) is 2.97. The Morgan fingerprint density at radius 1 is 1.40 bits per heavy atom. The third-order valence-corrected chi connectivity index (χ3v) is 5.62. The van der Waals surface area contributed by atoms with Crippen LogP contribution in [0.5, 0.6) is 11.5 Å². The van der Waals surface area contributed by atoms with Gasteiger partial charge < -0.3 is 14.6 Å². The lowest BCUT2D eigenvalue weighted by Crippen LogP contribution is -2.12. The molecule has 1 heterocycles. The van der Waals surface area contributed by atoms with E-state index in [0.717, 1.165) is 24.8 Å². The van der Waals surface area contributed by atoms with Crippen molar-refractivity contribution in [1.82, 2.24) is 0 Å². The molecule has 2 aromatic rings. The molecule has 0 fully saturated rings. The van der Waals surface area contributed by atoms with Crippen LogP contribution in [0.15, 0.2) is 23.2 Å². The van der Waals surface area contributed by atoms with Crippen LogP contribution in [0.25, 0.3) is 0 Å². The Balaban J connectivity index is 2.01. The summed E-state index contributed by atoms with van der Waals surface area (Å²) in [5, 5.41) is 10.8. The largest absolute Gasteiger partial charge is 0.504 e. The number of hydrogen-bond donors (Lipinski definition) is 1. The molecule has 0 aliphatic heterocycles. The molecule has 0 unspecified atom stereocenters. The number of esters is 1. The number of ether oxygens (including phenoxy) is 2. The molecule has 1 aliphatic carbocycles. The molecule has 25 heavy (non-hydrogen) atoms. The van der Waals surface area contributed by atoms with Gasteiger partial charge in [0.05, 0.1) is 19.8 Å². The number of hydrogen-bond acceptors (Lipinski definition) is 6. The van der Waals surface area contributed by atoms with Crippen LogP contribution in [-0.2, 0) is 17.6 Å². The summed E-state index contributed by atoms with van der Waals surface area (Å²) >= 11 is 1.53. The van der Waals surface area contributed by atoms with E-state index in [4.69, 9.17) is 9.47 Å². The molecule has 132 valence electrons. The Morgan fingerprint density at radius 3 is 2.92 bits per heavy atom. The highest BCUT2D eigenvalue weighted by Crippen LogP contribution is 2.41. The lowest BCUT2D eigenvalue weighted by molar-refractivity contribution is 0.0600. The van der Waals surface area contributed by atoms with Gasteiger partial charge in [-0.05, 0) is 42.9 Å². The van der Waals surface area contributed by atoms with Crippen LogP contribution in [0, 0.1) is 5.92 Å². The smallest absolute Gasteiger partial charge is 0.341 e. The van der Waals surface area contributed by atoms with Crippen molar-refractivity contribution in [1.29, 1.82) is 0 Å². The van der Waals surface area contributed by atoms with E-state index in [1.807, 2.05) is 0 Å². The van der Waals surface area contributed by atoms with Crippen molar-refractivity contribution in [3.63, 3.8) is 0 Å². The average molecular weight is 359 g/mol.